The van der Waals surface area contributed by atoms with E-state index in [2.05, 4.69) is 79.4 Å². The number of aromatic amines is 1. The number of benzene rings is 2. The van der Waals surface area contributed by atoms with Crippen molar-refractivity contribution in [3.63, 3.8) is 0 Å². The number of hydrogen-bond acceptors (Lipinski definition) is 9. The molecular formula is C42H51N9O4. The van der Waals surface area contributed by atoms with Gasteiger partial charge in [-0.3, -0.25) is 29.4 Å². The van der Waals surface area contributed by atoms with Crippen molar-refractivity contribution in [1.29, 1.82) is 0 Å². The van der Waals surface area contributed by atoms with E-state index in [-0.39, 0.29) is 36.1 Å². The Labute approximate surface area is 322 Å². The summed E-state index contributed by atoms with van der Waals surface area (Å²) in [6.07, 6.45) is 5.64. The summed E-state index contributed by atoms with van der Waals surface area (Å²) >= 11 is 0. The van der Waals surface area contributed by atoms with Crippen molar-refractivity contribution in [3.05, 3.63) is 83.2 Å². The van der Waals surface area contributed by atoms with Crippen molar-refractivity contribution in [1.82, 2.24) is 30.0 Å². The Hall–Kier alpha value is -5.27. The predicted octanol–water partition coefficient (Wildman–Crippen LogP) is 4.63. The summed E-state index contributed by atoms with van der Waals surface area (Å²) in [6.45, 7) is 9.36. The lowest BCUT2D eigenvalue weighted by Crippen LogP contribution is -2.52. The number of aromatic nitrogens is 2. The largest absolute Gasteiger partial charge is 0.372 e. The quantitative estimate of drug-likeness (QED) is 0.199. The van der Waals surface area contributed by atoms with Crippen LogP contribution in [0.25, 0.3) is 10.9 Å². The SMILES string of the molecule is CCC(c1cc2cnc(NC(=O)c3cccc(N4CCN(CC5CCN(c6ccc7c(c6)CN(C6CCC(=O)NC6=O)C7=O)CC5)CC4)c3)cc2[nH]1)N(C)C. The molecule has 288 valence electrons. The highest BCUT2D eigenvalue weighted by Crippen LogP contribution is 2.33. The third-order valence-electron chi connectivity index (χ3n) is 12.0. The third-order valence-corrected chi connectivity index (χ3v) is 12.0. The number of carbonyl (C=O) groups excluding carboxylic acids is 4. The number of H-pyrrole nitrogens is 1. The number of rotatable bonds is 10. The van der Waals surface area contributed by atoms with Gasteiger partial charge in [0, 0.05) is 111 Å². The van der Waals surface area contributed by atoms with Crippen LogP contribution in [0, 0.1) is 5.92 Å². The highest BCUT2D eigenvalue weighted by molar-refractivity contribution is 6.06. The van der Waals surface area contributed by atoms with Crippen molar-refractivity contribution in [2.75, 3.05) is 75.0 Å². The van der Waals surface area contributed by atoms with E-state index in [0.717, 1.165) is 98.6 Å². The number of piperidine rings is 2. The summed E-state index contributed by atoms with van der Waals surface area (Å²) in [4.78, 5) is 69.8. The summed E-state index contributed by atoms with van der Waals surface area (Å²) < 4.78 is 0. The van der Waals surface area contributed by atoms with Crippen molar-refractivity contribution >= 4 is 51.7 Å². The first-order chi connectivity index (χ1) is 26.6. The molecule has 2 aromatic heterocycles. The standard InChI is InChI=1S/C42H51N9O4/c1-4-36(47(2)3)35-22-29-24-43-38(23-34(29)44-35)45-40(53)28-6-5-7-31(20-28)50-18-16-48(17-19-50)25-27-12-14-49(15-13-27)32-8-9-33-30(21-32)26-51(42(33)55)37-10-11-39(52)46-41(37)54/h5-9,20-24,27,36-37,44H,4,10-19,25-26H2,1-3H3,(H,43,45,53)(H,46,52,54). The van der Waals surface area contributed by atoms with Gasteiger partial charge in [0.15, 0.2) is 0 Å². The molecule has 4 amide bonds. The van der Waals surface area contributed by atoms with Crippen LogP contribution in [0.2, 0.25) is 0 Å². The topological polar surface area (TPSA) is 137 Å². The van der Waals surface area contributed by atoms with Gasteiger partial charge in [-0.1, -0.05) is 13.0 Å². The molecule has 3 saturated heterocycles. The van der Waals surface area contributed by atoms with Gasteiger partial charge >= 0.3 is 0 Å². The van der Waals surface area contributed by atoms with Crippen LogP contribution in [0.15, 0.2) is 60.8 Å². The normalized spacial score (nSPS) is 20.3. The second-order valence-electron chi connectivity index (χ2n) is 15.7. The van der Waals surface area contributed by atoms with E-state index in [1.165, 1.54) is 0 Å². The maximum atomic E-state index is 13.3. The summed E-state index contributed by atoms with van der Waals surface area (Å²) in [5, 5.41) is 6.41. The van der Waals surface area contributed by atoms with Crippen LogP contribution < -0.4 is 20.4 Å². The average Bonchev–Trinajstić information content (AvgIpc) is 3.75. The number of imide groups is 1. The maximum Gasteiger partial charge on any atom is 0.256 e. The smallest absolute Gasteiger partial charge is 0.256 e. The average molecular weight is 746 g/mol. The van der Waals surface area contributed by atoms with Gasteiger partial charge in [0.05, 0.1) is 5.52 Å². The summed E-state index contributed by atoms with van der Waals surface area (Å²) in [7, 11) is 4.16. The second kappa shape index (κ2) is 15.5. The highest BCUT2D eigenvalue weighted by atomic mass is 16.2. The number of hydrogen-bond donors (Lipinski definition) is 3. The lowest BCUT2D eigenvalue weighted by atomic mass is 9.95. The molecule has 8 rings (SSSR count). The summed E-state index contributed by atoms with van der Waals surface area (Å²) in [5.41, 5.74) is 6.49. The number of piperazine rings is 1. The second-order valence-corrected chi connectivity index (χ2v) is 15.7. The van der Waals surface area contributed by atoms with Gasteiger partial charge in [-0.2, -0.15) is 0 Å². The minimum atomic E-state index is -0.596. The molecule has 0 spiro atoms. The first kappa shape index (κ1) is 36.7. The fourth-order valence-corrected chi connectivity index (χ4v) is 8.88. The molecule has 4 aliphatic heterocycles. The number of carbonyl (C=O) groups is 4. The van der Waals surface area contributed by atoms with Crippen molar-refractivity contribution in [2.45, 2.75) is 57.7 Å². The van der Waals surface area contributed by atoms with E-state index < -0.39 is 6.04 Å². The number of fused-ring (bicyclic) bond motifs is 2. The van der Waals surface area contributed by atoms with Gasteiger partial charge in [-0.25, -0.2) is 4.98 Å². The van der Waals surface area contributed by atoms with Crippen LogP contribution in [-0.2, 0) is 16.1 Å². The third kappa shape index (κ3) is 7.68. The first-order valence-electron chi connectivity index (χ1n) is 19.7. The molecule has 3 N–H and O–H groups in total. The number of anilines is 3. The monoisotopic (exact) mass is 745 g/mol. The number of nitrogens with one attached hydrogen (secondary N) is 3. The Balaban J connectivity index is 0.806. The zero-order valence-electron chi connectivity index (χ0n) is 32.0. The van der Waals surface area contributed by atoms with Crippen molar-refractivity contribution < 1.29 is 19.2 Å². The fraction of sp³-hybridized carbons (Fsp3) is 0.452. The Kier molecular flexibility index (Phi) is 10.3. The van der Waals surface area contributed by atoms with E-state index in [4.69, 9.17) is 0 Å². The Morgan fingerprint density at radius 2 is 1.69 bits per heavy atom. The molecule has 6 heterocycles. The Bertz CT molecular complexity index is 2100. The fourth-order valence-electron chi connectivity index (χ4n) is 8.88. The molecule has 2 atom stereocenters. The van der Waals surface area contributed by atoms with E-state index in [1.54, 1.807) is 4.90 Å². The molecule has 0 radical (unpaired) electrons. The van der Waals surface area contributed by atoms with E-state index in [9.17, 15) is 19.2 Å². The molecule has 0 aliphatic carbocycles. The Morgan fingerprint density at radius 1 is 0.927 bits per heavy atom. The van der Waals surface area contributed by atoms with Crippen molar-refractivity contribution in [3.8, 4) is 0 Å². The summed E-state index contributed by atoms with van der Waals surface area (Å²) in [6, 6.07) is 17.7. The highest BCUT2D eigenvalue weighted by Gasteiger charge is 2.39. The predicted molar refractivity (Wildman–Crippen MR) is 213 cm³/mol. The molecule has 4 aliphatic rings. The van der Waals surface area contributed by atoms with E-state index >= 15 is 0 Å². The molecule has 13 nitrogen and oxygen atoms in total. The van der Waals surface area contributed by atoms with Crippen LogP contribution in [0.5, 0.6) is 0 Å². The van der Waals surface area contributed by atoms with Gasteiger partial charge in [0.25, 0.3) is 11.8 Å². The lowest BCUT2D eigenvalue weighted by Gasteiger charge is -2.40. The zero-order valence-corrected chi connectivity index (χ0v) is 32.0. The summed E-state index contributed by atoms with van der Waals surface area (Å²) in [5.74, 6) is 0.188. The van der Waals surface area contributed by atoms with Gasteiger partial charge < -0.3 is 29.9 Å². The molecule has 3 fully saturated rings. The van der Waals surface area contributed by atoms with Crippen LogP contribution in [0.4, 0.5) is 17.2 Å². The first-order valence-corrected chi connectivity index (χ1v) is 19.7. The number of amides is 4. The van der Waals surface area contributed by atoms with Gasteiger partial charge in [0.2, 0.25) is 11.8 Å². The minimum absolute atomic E-state index is 0.133. The zero-order chi connectivity index (χ0) is 38.2. The molecule has 0 saturated carbocycles. The molecule has 13 heteroatoms. The molecular weight excluding hydrogens is 695 g/mol. The van der Waals surface area contributed by atoms with Gasteiger partial charge in [-0.15, -0.1) is 0 Å². The van der Waals surface area contributed by atoms with Crippen molar-refractivity contribution in [2.24, 2.45) is 5.92 Å². The molecule has 2 aromatic carbocycles. The van der Waals surface area contributed by atoms with Crippen LogP contribution >= 0.6 is 0 Å². The number of pyridine rings is 1. The number of nitrogens with zero attached hydrogens (tertiary/aromatic N) is 6. The lowest BCUT2D eigenvalue weighted by molar-refractivity contribution is -0.136. The van der Waals surface area contributed by atoms with Crippen LogP contribution in [-0.4, -0.2) is 114 Å². The van der Waals surface area contributed by atoms with Gasteiger partial charge in [0.1, 0.15) is 11.9 Å². The maximum absolute atomic E-state index is 13.3. The van der Waals surface area contributed by atoms with Crippen LogP contribution in [0.3, 0.4) is 0 Å². The molecule has 0 bridgehead atoms. The van der Waals surface area contributed by atoms with E-state index in [1.807, 2.05) is 42.6 Å². The van der Waals surface area contributed by atoms with E-state index in [0.29, 0.717) is 35.8 Å². The van der Waals surface area contributed by atoms with Crippen LogP contribution in [0.1, 0.15) is 77.0 Å². The van der Waals surface area contributed by atoms with Gasteiger partial charge in [-0.05, 0) is 93.7 Å². The molecule has 4 aromatic rings. The Morgan fingerprint density at radius 3 is 2.44 bits per heavy atom. The minimum Gasteiger partial charge on any atom is -0.372 e. The molecule has 2 unspecified atom stereocenters. The molecule has 55 heavy (non-hydrogen) atoms.